The maximum atomic E-state index is 6.03. The Morgan fingerprint density at radius 1 is 1.03 bits per heavy atom. The summed E-state index contributed by atoms with van der Waals surface area (Å²) in [5.41, 5.74) is 19.4. The van der Waals surface area contributed by atoms with E-state index in [-0.39, 0.29) is 12.2 Å². The first-order valence-corrected chi connectivity index (χ1v) is 12.5. The molecule has 35 heavy (non-hydrogen) atoms. The Bertz CT molecular complexity index is 1310. The molecule has 2 unspecified atom stereocenters. The number of benzene rings is 1. The lowest BCUT2D eigenvalue weighted by molar-refractivity contribution is -0.568. The van der Waals surface area contributed by atoms with Gasteiger partial charge in [-0.05, 0) is 62.6 Å². The molecule has 1 aromatic carbocycles. The van der Waals surface area contributed by atoms with E-state index in [1.165, 1.54) is 35.6 Å². The minimum atomic E-state index is 0.192. The number of morpholine rings is 1. The zero-order chi connectivity index (χ0) is 23.7. The van der Waals surface area contributed by atoms with Crippen LogP contribution in [0.3, 0.4) is 0 Å². The van der Waals surface area contributed by atoms with Crippen molar-refractivity contribution in [2.24, 2.45) is 5.92 Å². The maximum Gasteiger partial charge on any atom is 0.553 e. The molecule has 4 aliphatic heterocycles. The van der Waals surface area contributed by atoms with E-state index in [0.717, 1.165) is 35.9 Å². The van der Waals surface area contributed by atoms with Gasteiger partial charge in [0.05, 0.1) is 12.2 Å². The largest absolute Gasteiger partial charge is 0.553 e. The molecule has 1 aromatic heterocycles. The maximum absolute atomic E-state index is 6.03. The van der Waals surface area contributed by atoms with Gasteiger partial charge in [-0.25, -0.2) is 5.01 Å². The van der Waals surface area contributed by atoms with Crippen LogP contribution in [0.4, 0.5) is 11.5 Å². The SMILES string of the molecule is CC1C[N+](=C2C=CC3=C(c4ccc(N)cc4)c4ccc(N5C=C(C6CC6)NN5)n4[B]N32)CC(C)O1. The van der Waals surface area contributed by atoms with Crippen LogP contribution >= 0.6 is 0 Å². The average molecular weight is 467 g/mol. The quantitative estimate of drug-likeness (QED) is 0.366. The summed E-state index contributed by atoms with van der Waals surface area (Å²) in [6.45, 7) is 6.04. The normalized spacial score (nSPS) is 25.5. The third-order valence-corrected chi connectivity index (χ3v) is 7.33. The number of amidine groups is 1. The summed E-state index contributed by atoms with van der Waals surface area (Å²) >= 11 is 0. The molecule has 1 aliphatic carbocycles. The molecule has 5 aliphatic rings. The minimum Gasteiger partial charge on any atom is -0.399 e. The Hall–Kier alpha value is -3.43. The summed E-state index contributed by atoms with van der Waals surface area (Å²) in [6, 6.07) is 12.6. The number of anilines is 2. The van der Waals surface area contributed by atoms with Crippen molar-refractivity contribution in [1.82, 2.24) is 20.2 Å². The molecule has 8 nitrogen and oxygen atoms in total. The Kier molecular flexibility index (Phi) is 4.66. The van der Waals surface area contributed by atoms with Gasteiger partial charge in [0.15, 0.2) is 0 Å². The zero-order valence-electron chi connectivity index (χ0n) is 20.1. The summed E-state index contributed by atoms with van der Waals surface area (Å²) in [5, 5.41) is 2.08. The van der Waals surface area contributed by atoms with Gasteiger partial charge in [0.1, 0.15) is 24.6 Å². The van der Waals surface area contributed by atoms with E-state index in [0.29, 0.717) is 5.92 Å². The number of allylic oxidation sites excluding steroid dienone is 2. The van der Waals surface area contributed by atoms with E-state index in [2.05, 4.69) is 93.8 Å². The molecule has 0 amide bonds. The second-order valence-electron chi connectivity index (χ2n) is 10.1. The molecule has 4 N–H and O–H groups in total. The highest BCUT2D eigenvalue weighted by atomic mass is 16.5. The van der Waals surface area contributed by atoms with Crippen LogP contribution in [0.25, 0.3) is 5.57 Å². The minimum absolute atomic E-state index is 0.192. The monoisotopic (exact) mass is 467 g/mol. The molecule has 2 aromatic rings. The first-order valence-electron chi connectivity index (χ1n) is 12.5. The van der Waals surface area contributed by atoms with Crippen LogP contribution in [-0.2, 0) is 4.74 Å². The molecular formula is C26H30BN7O+. The van der Waals surface area contributed by atoms with Gasteiger partial charge in [0.25, 0.3) is 5.84 Å². The summed E-state index contributed by atoms with van der Waals surface area (Å²) in [6.07, 6.45) is 9.56. The number of nitrogen functional groups attached to an aromatic ring is 1. The van der Waals surface area contributed by atoms with E-state index in [4.69, 9.17) is 10.5 Å². The van der Waals surface area contributed by atoms with E-state index >= 15 is 0 Å². The fourth-order valence-electron chi connectivity index (χ4n) is 5.59. The number of nitrogens with two attached hydrogens (primary N) is 1. The van der Waals surface area contributed by atoms with Crippen molar-refractivity contribution in [2.45, 2.75) is 38.9 Å². The third kappa shape index (κ3) is 3.49. The summed E-state index contributed by atoms with van der Waals surface area (Å²) in [5.74, 6) is 2.89. The Morgan fingerprint density at radius 3 is 2.54 bits per heavy atom. The van der Waals surface area contributed by atoms with Crippen LogP contribution in [0.15, 0.2) is 66.1 Å². The predicted molar refractivity (Wildman–Crippen MR) is 138 cm³/mol. The van der Waals surface area contributed by atoms with Gasteiger partial charge in [-0.2, -0.15) is 0 Å². The number of rotatable bonds is 3. The number of aromatic nitrogens is 1. The van der Waals surface area contributed by atoms with Crippen molar-refractivity contribution in [1.29, 1.82) is 0 Å². The predicted octanol–water partition coefficient (Wildman–Crippen LogP) is 2.40. The van der Waals surface area contributed by atoms with Crippen LogP contribution in [0.5, 0.6) is 0 Å². The van der Waals surface area contributed by atoms with Crippen LogP contribution in [0.2, 0.25) is 0 Å². The van der Waals surface area contributed by atoms with Crippen LogP contribution in [-0.4, -0.2) is 52.5 Å². The van der Waals surface area contributed by atoms with Crippen LogP contribution in [0, 0.1) is 5.92 Å². The fourth-order valence-corrected chi connectivity index (χ4v) is 5.59. The number of hydrogen-bond donors (Lipinski definition) is 3. The first-order chi connectivity index (χ1) is 17.0. The molecule has 1 saturated carbocycles. The number of hydrazine groups is 2. The second kappa shape index (κ2) is 7.79. The Balaban J connectivity index is 1.35. The average Bonchev–Trinajstić information content (AvgIpc) is 3.23. The molecule has 2 fully saturated rings. The zero-order valence-corrected chi connectivity index (χ0v) is 20.1. The van der Waals surface area contributed by atoms with Gasteiger partial charge < -0.3 is 20.4 Å². The molecule has 2 atom stereocenters. The first kappa shape index (κ1) is 20.9. The third-order valence-electron chi connectivity index (χ3n) is 7.33. The molecule has 5 heterocycles. The summed E-state index contributed by atoms with van der Waals surface area (Å²) in [4.78, 5) is 2.32. The smallest absolute Gasteiger partial charge is 0.399 e. The van der Waals surface area contributed by atoms with E-state index in [9.17, 15) is 0 Å². The lowest BCUT2D eigenvalue weighted by Gasteiger charge is -2.31. The van der Waals surface area contributed by atoms with E-state index in [1.807, 2.05) is 12.1 Å². The van der Waals surface area contributed by atoms with Gasteiger partial charge >= 0.3 is 7.55 Å². The summed E-state index contributed by atoms with van der Waals surface area (Å²) < 4.78 is 10.7. The van der Waals surface area contributed by atoms with Gasteiger partial charge in [-0.1, -0.05) is 12.1 Å². The van der Waals surface area contributed by atoms with E-state index in [1.54, 1.807) is 0 Å². The molecule has 0 bridgehead atoms. The molecule has 177 valence electrons. The second-order valence-corrected chi connectivity index (χ2v) is 10.1. The highest BCUT2D eigenvalue weighted by molar-refractivity contribution is 6.41. The van der Waals surface area contributed by atoms with Crippen LogP contribution < -0.4 is 21.7 Å². The highest BCUT2D eigenvalue weighted by Gasteiger charge is 2.42. The number of nitrogens with zero attached hydrogens (tertiary/aromatic N) is 4. The number of nitrogens with one attached hydrogen (secondary N) is 2. The van der Waals surface area contributed by atoms with Crippen LogP contribution in [0.1, 0.15) is 37.9 Å². The molecule has 1 saturated heterocycles. The van der Waals surface area contributed by atoms with Gasteiger partial charge in [0, 0.05) is 40.8 Å². The molecule has 0 spiro atoms. The summed E-state index contributed by atoms with van der Waals surface area (Å²) in [7, 11) is 2.21. The topological polar surface area (TPSA) is 73.7 Å². The lowest BCUT2D eigenvalue weighted by atomic mass is 9.91. The van der Waals surface area contributed by atoms with Gasteiger partial charge in [0.2, 0.25) is 0 Å². The molecule has 1 radical (unpaired) electrons. The Labute approximate surface area is 206 Å². The fraction of sp³-hybridized carbons (Fsp3) is 0.346. The molecule has 9 heteroatoms. The number of ether oxygens (including phenoxy) is 1. The van der Waals surface area contributed by atoms with Crippen molar-refractivity contribution in [3.8, 4) is 0 Å². The van der Waals surface area contributed by atoms with Crippen molar-refractivity contribution >= 4 is 30.5 Å². The van der Waals surface area contributed by atoms with Gasteiger partial charge in [-0.3, -0.25) is 9.39 Å². The van der Waals surface area contributed by atoms with Crippen molar-refractivity contribution in [3.05, 3.63) is 77.4 Å². The van der Waals surface area contributed by atoms with Gasteiger partial charge in [-0.15, -0.1) is 5.53 Å². The Morgan fingerprint density at radius 2 is 1.80 bits per heavy atom. The number of hydrogen-bond acceptors (Lipinski definition) is 5. The van der Waals surface area contributed by atoms with Crippen molar-refractivity contribution in [3.63, 3.8) is 0 Å². The standard InChI is InChI=1S/C26H29BN7O/c1-16-13-31(14-17(2)35-16)24-11-9-22-26(19-5-7-20(28)8-6-19)23-10-12-25(34(23)27-33(22)24)32-15-21(29-30-32)18-3-4-18/h5-12,15-18,28-30H,3-4,13-14H2,1-2H3/p+1. The molecule has 7 rings (SSSR count). The number of fused-ring (bicyclic) bond motifs is 2. The van der Waals surface area contributed by atoms with Crippen molar-refractivity contribution < 1.29 is 9.31 Å². The molecular weight excluding hydrogens is 437 g/mol. The van der Waals surface area contributed by atoms with Crippen molar-refractivity contribution in [2.75, 3.05) is 23.8 Å². The lowest BCUT2D eigenvalue weighted by Crippen LogP contribution is -2.48. The highest BCUT2D eigenvalue weighted by Crippen LogP contribution is 2.40. The van der Waals surface area contributed by atoms with E-state index < -0.39 is 0 Å².